The zero-order valence-corrected chi connectivity index (χ0v) is 16.1. The normalized spacial score (nSPS) is 21.7. The summed E-state index contributed by atoms with van der Waals surface area (Å²) in [5, 5.41) is 3.47. The summed E-state index contributed by atoms with van der Waals surface area (Å²) in [6.45, 7) is 13.8. The van der Waals surface area contributed by atoms with E-state index in [1.165, 1.54) is 0 Å². The lowest BCUT2D eigenvalue weighted by molar-refractivity contribution is -0.150. The van der Waals surface area contributed by atoms with Crippen molar-refractivity contribution >= 4 is 12.1 Å². The molecule has 0 aromatic carbocycles. The van der Waals surface area contributed by atoms with Crippen LogP contribution in [0.3, 0.4) is 0 Å². The smallest absolute Gasteiger partial charge is 0.410 e. The highest BCUT2D eigenvalue weighted by atomic mass is 16.6. The predicted molar refractivity (Wildman–Crippen MR) is 93.8 cm³/mol. The Morgan fingerprint density at radius 1 is 1.29 bits per heavy atom. The summed E-state index contributed by atoms with van der Waals surface area (Å²) in [5.74, 6) is 0.0200. The van der Waals surface area contributed by atoms with Crippen LogP contribution in [0, 0.1) is 11.8 Å². The fourth-order valence-corrected chi connectivity index (χ4v) is 2.73. The number of piperidine rings is 1. The molecular weight excluding hydrogens is 308 g/mol. The fraction of sp³-hybridized carbons (Fsp3) is 0.889. The molecule has 0 aromatic heterocycles. The zero-order chi connectivity index (χ0) is 18.3. The van der Waals surface area contributed by atoms with Crippen molar-refractivity contribution in [2.75, 3.05) is 26.2 Å². The molecule has 6 nitrogen and oxygen atoms in total. The van der Waals surface area contributed by atoms with Crippen LogP contribution in [-0.2, 0) is 14.3 Å². The Morgan fingerprint density at radius 2 is 1.96 bits per heavy atom. The van der Waals surface area contributed by atoms with Gasteiger partial charge in [-0.1, -0.05) is 13.8 Å². The second kappa shape index (κ2) is 9.25. The average Bonchev–Trinajstić information content (AvgIpc) is 2.45. The van der Waals surface area contributed by atoms with Crippen molar-refractivity contribution in [3.8, 4) is 0 Å². The van der Waals surface area contributed by atoms with Gasteiger partial charge in [-0.2, -0.15) is 0 Å². The fourth-order valence-electron chi connectivity index (χ4n) is 2.73. The summed E-state index contributed by atoms with van der Waals surface area (Å²) in [5.41, 5.74) is -0.539. The van der Waals surface area contributed by atoms with Gasteiger partial charge in [0.1, 0.15) is 5.60 Å². The molecule has 1 rings (SSSR count). The van der Waals surface area contributed by atoms with Gasteiger partial charge in [-0.15, -0.1) is 0 Å². The number of likely N-dealkylation sites (tertiary alicyclic amines) is 1. The van der Waals surface area contributed by atoms with Crippen LogP contribution in [0.5, 0.6) is 0 Å². The minimum absolute atomic E-state index is 0.0430. The van der Waals surface area contributed by atoms with E-state index in [9.17, 15) is 9.59 Å². The molecule has 1 aliphatic rings. The van der Waals surface area contributed by atoms with E-state index in [2.05, 4.69) is 19.2 Å². The van der Waals surface area contributed by atoms with Gasteiger partial charge >= 0.3 is 12.1 Å². The van der Waals surface area contributed by atoms with E-state index in [-0.39, 0.29) is 24.0 Å². The summed E-state index contributed by atoms with van der Waals surface area (Å²) < 4.78 is 10.6. The molecule has 1 fully saturated rings. The molecule has 140 valence electrons. The lowest BCUT2D eigenvalue weighted by Gasteiger charge is -2.38. The molecule has 0 saturated carbocycles. The molecule has 0 bridgehead atoms. The van der Waals surface area contributed by atoms with Gasteiger partial charge in [0.25, 0.3) is 0 Å². The minimum atomic E-state index is -0.539. The van der Waals surface area contributed by atoms with Gasteiger partial charge in [0.2, 0.25) is 0 Å². The van der Waals surface area contributed by atoms with Gasteiger partial charge < -0.3 is 19.7 Å². The standard InChI is InChI=1S/C18H34N2O4/c1-7-23-16(21)14-12-20(17(22)24-18(4,5)6)11-9-15(14)19-10-8-13(2)3/h13-15,19H,7-12H2,1-6H3/t14-,15+/m1/s1. The van der Waals surface area contributed by atoms with E-state index in [0.717, 1.165) is 19.4 Å². The van der Waals surface area contributed by atoms with Gasteiger partial charge in [-0.05, 0) is 53.0 Å². The van der Waals surface area contributed by atoms with Crippen molar-refractivity contribution in [1.29, 1.82) is 0 Å². The number of esters is 1. The van der Waals surface area contributed by atoms with Gasteiger partial charge in [-0.3, -0.25) is 4.79 Å². The molecular formula is C18H34N2O4. The molecule has 0 unspecified atom stereocenters. The number of ether oxygens (including phenoxy) is 2. The molecule has 0 aliphatic carbocycles. The molecule has 1 heterocycles. The first kappa shape index (κ1) is 20.7. The Labute approximate surface area is 146 Å². The average molecular weight is 342 g/mol. The van der Waals surface area contributed by atoms with Crippen LogP contribution in [0.1, 0.15) is 54.4 Å². The topological polar surface area (TPSA) is 67.9 Å². The Kier molecular flexibility index (Phi) is 8.00. The number of hydrogen-bond acceptors (Lipinski definition) is 5. The van der Waals surface area contributed by atoms with Crippen molar-refractivity contribution in [2.24, 2.45) is 11.8 Å². The maximum atomic E-state index is 12.3. The van der Waals surface area contributed by atoms with Crippen LogP contribution in [0.15, 0.2) is 0 Å². The molecule has 24 heavy (non-hydrogen) atoms. The first-order valence-electron chi connectivity index (χ1n) is 9.02. The van der Waals surface area contributed by atoms with Crippen molar-refractivity contribution in [1.82, 2.24) is 10.2 Å². The van der Waals surface area contributed by atoms with E-state index < -0.39 is 5.60 Å². The van der Waals surface area contributed by atoms with E-state index in [0.29, 0.717) is 25.6 Å². The van der Waals surface area contributed by atoms with Crippen LogP contribution in [0.4, 0.5) is 4.79 Å². The number of hydrogen-bond donors (Lipinski definition) is 1. The Balaban J connectivity index is 2.69. The highest BCUT2D eigenvalue weighted by molar-refractivity contribution is 5.75. The number of rotatable bonds is 6. The second-order valence-electron chi connectivity index (χ2n) is 7.82. The van der Waals surface area contributed by atoms with Crippen LogP contribution >= 0.6 is 0 Å². The zero-order valence-electron chi connectivity index (χ0n) is 16.1. The van der Waals surface area contributed by atoms with E-state index in [4.69, 9.17) is 9.47 Å². The second-order valence-corrected chi connectivity index (χ2v) is 7.82. The van der Waals surface area contributed by atoms with Gasteiger partial charge in [0.15, 0.2) is 0 Å². The molecule has 0 aromatic rings. The summed E-state index contributed by atoms with van der Waals surface area (Å²) in [7, 11) is 0. The molecule has 1 N–H and O–H groups in total. The number of carbonyl (C=O) groups excluding carboxylic acids is 2. The molecule has 1 saturated heterocycles. The van der Waals surface area contributed by atoms with Crippen molar-refractivity contribution in [3.63, 3.8) is 0 Å². The summed E-state index contributed by atoms with van der Waals surface area (Å²) in [6.07, 6.45) is 1.42. The molecule has 1 aliphatic heterocycles. The van der Waals surface area contributed by atoms with E-state index >= 15 is 0 Å². The summed E-state index contributed by atoms with van der Waals surface area (Å²) >= 11 is 0. The molecule has 0 radical (unpaired) electrons. The Bertz CT molecular complexity index is 418. The monoisotopic (exact) mass is 342 g/mol. The number of amides is 1. The molecule has 1 amide bonds. The third-order valence-electron chi connectivity index (χ3n) is 3.98. The van der Waals surface area contributed by atoms with Gasteiger partial charge in [0.05, 0.1) is 12.5 Å². The predicted octanol–water partition coefficient (Wildman–Crippen LogP) is 2.81. The summed E-state index contributed by atoms with van der Waals surface area (Å²) in [6, 6.07) is 0.0430. The first-order chi connectivity index (χ1) is 11.1. The molecule has 2 atom stereocenters. The summed E-state index contributed by atoms with van der Waals surface area (Å²) in [4.78, 5) is 26.2. The van der Waals surface area contributed by atoms with Crippen LogP contribution in [0.25, 0.3) is 0 Å². The highest BCUT2D eigenvalue weighted by Crippen LogP contribution is 2.21. The number of nitrogens with one attached hydrogen (secondary N) is 1. The maximum Gasteiger partial charge on any atom is 0.410 e. The van der Waals surface area contributed by atoms with Crippen LogP contribution < -0.4 is 5.32 Å². The lowest BCUT2D eigenvalue weighted by Crippen LogP contribution is -2.54. The third-order valence-corrected chi connectivity index (χ3v) is 3.98. The van der Waals surface area contributed by atoms with Crippen molar-refractivity contribution in [3.05, 3.63) is 0 Å². The van der Waals surface area contributed by atoms with Crippen LogP contribution in [0.2, 0.25) is 0 Å². The Hall–Kier alpha value is -1.30. The largest absolute Gasteiger partial charge is 0.466 e. The maximum absolute atomic E-state index is 12.3. The van der Waals surface area contributed by atoms with Gasteiger partial charge in [0, 0.05) is 19.1 Å². The quantitative estimate of drug-likeness (QED) is 0.752. The van der Waals surface area contributed by atoms with Gasteiger partial charge in [-0.25, -0.2) is 4.79 Å². The van der Waals surface area contributed by atoms with Crippen molar-refractivity contribution < 1.29 is 19.1 Å². The SMILES string of the molecule is CCOC(=O)[C@@H]1CN(C(=O)OC(C)(C)C)CC[C@@H]1NCCC(C)C. The minimum Gasteiger partial charge on any atom is -0.466 e. The molecule has 6 heteroatoms. The first-order valence-corrected chi connectivity index (χ1v) is 9.02. The number of carbonyl (C=O) groups is 2. The third kappa shape index (κ3) is 7.07. The van der Waals surface area contributed by atoms with E-state index in [1.54, 1.807) is 11.8 Å². The van der Waals surface area contributed by atoms with E-state index in [1.807, 2.05) is 20.8 Å². The molecule has 0 spiro atoms. The highest BCUT2D eigenvalue weighted by Gasteiger charge is 2.38. The van der Waals surface area contributed by atoms with Crippen molar-refractivity contribution in [2.45, 2.75) is 66.0 Å². The van der Waals surface area contributed by atoms with Crippen LogP contribution in [-0.4, -0.2) is 54.8 Å². The Morgan fingerprint density at radius 3 is 2.50 bits per heavy atom. The lowest BCUT2D eigenvalue weighted by atomic mass is 9.92. The number of nitrogens with zero attached hydrogens (tertiary/aromatic N) is 1.